The molecule has 0 amide bonds. The number of nitrogen functional groups attached to an aromatic ring is 1. The Kier molecular flexibility index (Phi) is 8.75. The molecule has 0 aliphatic carbocycles. The molecule has 0 radical (unpaired) electrons. The number of fused-ring (bicyclic) bond motifs is 2. The van der Waals surface area contributed by atoms with Gasteiger partial charge in [0.25, 0.3) is 5.56 Å². The summed E-state index contributed by atoms with van der Waals surface area (Å²) in [4.78, 5) is 28.6. The first-order valence-corrected chi connectivity index (χ1v) is 14.1. The number of aliphatic hydroxyl groups excluding tert-OH is 2. The molecule has 0 spiro atoms. The van der Waals surface area contributed by atoms with E-state index in [-0.39, 0.29) is 38.7 Å². The molecule has 0 aromatic carbocycles. The molecule has 1 fully saturated rings. The molecule has 0 saturated carbocycles. The normalized spacial score (nSPS) is 27.5. The topological polar surface area (TPSA) is 213 Å². The van der Waals surface area contributed by atoms with Crippen LogP contribution in [-0.2, 0) is 27.6 Å². The lowest BCUT2D eigenvalue weighted by Crippen LogP contribution is -2.40. The van der Waals surface area contributed by atoms with E-state index in [2.05, 4.69) is 19.9 Å². The van der Waals surface area contributed by atoms with Crippen LogP contribution in [0.2, 0.25) is 0 Å². The van der Waals surface area contributed by atoms with E-state index in [1.165, 1.54) is 65.1 Å². The van der Waals surface area contributed by atoms with Gasteiger partial charge in [0, 0.05) is 58.2 Å². The van der Waals surface area contributed by atoms with Crippen molar-refractivity contribution in [1.82, 2.24) is 33.5 Å². The van der Waals surface area contributed by atoms with Gasteiger partial charge in [0.1, 0.15) is 24.7 Å². The van der Waals surface area contributed by atoms with Crippen LogP contribution in [0.25, 0.3) is 16.9 Å². The number of imidazole rings is 2. The predicted molar refractivity (Wildman–Crippen MR) is 139 cm³/mol. The highest BCUT2D eigenvalue weighted by molar-refractivity contribution is 7.33. The van der Waals surface area contributed by atoms with Crippen molar-refractivity contribution in [2.24, 2.45) is 5.92 Å². The zero-order chi connectivity index (χ0) is 28.4. The lowest BCUT2D eigenvalue weighted by atomic mass is 10.0. The van der Waals surface area contributed by atoms with E-state index in [0.29, 0.717) is 11.2 Å². The highest BCUT2D eigenvalue weighted by Gasteiger charge is 2.42. The summed E-state index contributed by atoms with van der Waals surface area (Å²) >= 11 is 0. The molecular formula is C21H27N8O9P2+. The first-order chi connectivity index (χ1) is 19.3. The standard InChI is InChI=1S/C21H27N8O9P2/c1-34-12-7-36-40(33)38-19(28-5-3-13(30)27-6-4-23-21(27)28)15(31)20(35-2)37-39-8-11(12)18(32)29-10-26-14-16(22)24-9-25-17(14)29/h3-6,9-12,15,18-20,31-32,39H,7-8H2,1-2H3,(H2,22,24,25)/q+1/t11-,12-,15+,18-,19-,20?/m1/s1. The minimum atomic E-state index is -2.87. The minimum Gasteiger partial charge on any atom is -0.383 e. The first-order valence-electron chi connectivity index (χ1n) is 11.9. The van der Waals surface area contributed by atoms with Gasteiger partial charge in [-0.05, 0) is 6.16 Å². The molecule has 17 nitrogen and oxygen atoms in total. The van der Waals surface area contributed by atoms with Crippen LogP contribution >= 0.6 is 17.1 Å². The molecule has 8 atom stereocenters. The van der Waals surface area contributed by atoms with E-state index in [1.807, 2.05) is 0 Å². The van der Waals surface area contributed by atoms with Gasteiger partial charge < -0.3 is 29.9 Å². The van der Waals surface area contributed by atoms with Crippen LogP contribution in [0.4, 0.5) is 5.82 Å². The molecule has 1 saturated heterocycles. The molecule has 5 heterocycles. The minimum absolute atomic E-state index is 0.124. The van der Waals surface area contributed by atoms with Crippen molar-refractivity contribution in [1.29, 1.82) is 0 Å². The fourth-order valence-corrected chi connectivity index (χ4v) is 6.26. The van der Waals surface area contributed by atoms with Crippen molar-refractivity contribution >= 4 is 39.8 Å². The molecule has 4 N–H and O–H groups in total. The lowest BCUT2D eigenvalue weighted by Gasteiger charge is -2.31. The average Bonchev–Trinajstić information content (AvgIpc) is 3.62. The van der Waals surface area contributed by atoms with E-state index < -0.39 is 45.1 Å². The quantitative estimate of drug-likeness (QED) is 0.262. The number of nitrogens with two attached hydrogens (primary N) is 1. The van der Waals surface area contributed by atoms with Gasteiger partial charge in [0.2, 0.25) is 12.0 Å². The third-order valence-electron chi connectivity index (χ3n) is 6.44. The molecule has 40 heavy (non-hydrogen) atoms. The van der Waals surface area contributed by atoms with Crippen molar-refractivity contribution in [3.05, 3.63) is 47.7 Å². The summed E-state index contributed by atoms with van der Waals surface area (Å²) in [5.74, 6) is -0.407. The Bertz CT molecular complexity index is 1550. The number of aliphatic hydroxyl groups is 2. The number of aromatic nitrogens is 7. The van der Waals surface area contributed by atoms with Crippen LogP contribution in [0.3, 0.4) is 0 Å². The average molecular weight is 597 g/mol. The Balaban J connectivity index is 1.44. The Morgan fingerprint density at radius 2 is 2.05 bits per heavy atom. The lowest BCUT2D eigenvalue weighted by molar-refractivity contribution is -0.167. The summed E-state index contributed by atoms with van der Waals surface area (Å²) < 4.78 is 45.0. The number of hydrogen-bond donors (Lipinski definition) is 3. The SMILES string of the molecule is COC1OPC[C@@H]([C@@H](O)n2cnc3c(N)ncnc32)[C@H](OC)CO[P+](=O)O[C@@H](n2ccc(=O)n3ccnc23)[C@@H]1O. The second kappa shape index (κ2) is 12.3. The summed E-state index contributed by atoms with van der Waals surface area (Å²) in [5.41, 5.74) is 6.15. The van der Waals surface area contributed by atoms with Crippen molar-refractivity contribution < 1.29 is 37.8 Å². The van der Waals surface area contributed by atoms with Crippen LogP contribution in [0.5, 0.6) is 0 Å². The molecule has 0 bridgehead atoms. The van der Waals surface area contributed by atoms with E-state index in [4.69, 9.17) is 28.8 Å². The molecule has 1 aliphatic heterocycles. The van der Waals surface area contributed by atoms with Crippen LogP contribution < -0.4 is 11.3 Å². The van der Waals surface area contributed by atoms with Gasteiger partial charge >= 0.3 is 8.25 Å². The van der Waals surface area contributed by atoms with Crippen LogP contribution in [-0.4, -0.2) is 89.2 Å². The number of anilines is 1. The fraction of sp³-hybridized carbons (Fsp3) is 0.476. The third kappa shape index (κ3) is 5.48. The van der Waals surface area contributed by atoms with Crippen molar-refractivity contribution in [2.75, 3.05) is 32.7 Å². The maximum absolute atomic E-state index is 13.0. The molecule has 19 heteroatoms. The van der Waals surface area contributed by atoms with Gasteiger partial charge in [-0.1, -0.05) is 4.52 Å². The number of methoxy groups -OCH3 is 2. The molecular weight excluding hydrogens is 570 g/mol. The monoisotopic (exact) mass is 597 g/mol. The summed E-state index contributed by atoms with van der Waals surface area (Å²) in [7, 11) is -0.440. The zero-order valence-electron chi connectivity index (χ0n) is 21.2. The maximum Gasteiger partial charge on any atom is 0.699 e. The van der Waals surface area contributed by atoms with E-state index >= 15 is 0 Å². The maximum atomic E-state index is 13.0. The van der Waals surface area contributed by atoms with Crippen molar-refractivity contribution in [3.8, 4) is 0 Å². The summed E-state index contributed by atoms with van der Waals surface area (Å²) in [5, 5.41) is 22.6. The highest BCUT2D eigenvalue weighted by Crippen LogP contribution is 2.39. The summed E-state index contributed by atoms with van der Waals surface area (Å²) in [6, 6.07) is 1.24. The van der Waals surface area contributed by atoms with Crippen LogP contribution in [0.1, 0.15) is 12.5 Å². The first kappa shape index (κ1) is 28.5. The Morgan fingerprint density at radius 1 is 1.23 bits per heavy atom. The number of ether oxygens (including phenoxy) is 2. The predicted octanol–water partition coefficient (Wildman–Crippen LogP) is 0.186. The van der Waals surface area contributed by atoms with Gasteiger partial charge in [0.05, 0.1) is 12.4 Å². The smallest absolute Gasteiger partial charge is 0.383 e. The van der Waals surface area contributed by atoms with E-state index in [9.17, 15) is 19.6 Å². The molecule has 4 aromatic rings. The fourth-order valence-electron chi connectivity index (χ4n) is 4.36. The second-order valence-corrected chi connectivity index (χ2v) is 10.5. The molecule has 214 valence electrons. The van der Waals surface area contributed by atoms with Crippen molar-refractivity contribution in [3.63, 3.8) is 0 Å². The van der Waals surface area contributed by atoms with Gasteiger partial charge in [-0.15, -0.1) is 4.52 Å². The van der Waals surface area contributed by atoms with E-state index in [1.54, 1.807) is 0 Å². The zero-order valence-corrected chi connectivity index (χ0v) is 23.1. The largest absolute Gasteiger partial charge is 0.699 e. The Hall–Kier alpha value is -2.98. The highest BCUT2D eigenvalue weighted by atomic mass is 31.1. The van der Waals surface area contributed by atoms with Crippen LogP contribution in [0, 0.1) is 5.92 Å². The number of nitrogens with zero attached hydrogens (tertiary/aromatic N) is 7. The van der Waals surface area contributed by atoms with E-state index in [0.717, 1.165) is 0 Å². The molecule has 4 aromatic heterocycles. The van der Waals surface area contributed by atoms with Crippen molar-refractivity contribution in [2.45, 2.75) is 31.0 Å². The molecule has 5 rings (SSSR count). The van der Waals surface area contributed by atoms with Gasteiger partial charge in [-0.2, -0.15) is 0 Å². The molecule has 1 aliphatic rings. The van der Waals surface area contributed by atoms with Gasteiger partial charge in [0.15, 0.2) is 23.9 Å². The summed E-state index contributed by atoms with van der Waals surface area (Å²) in [6.07, 6.45) is 0.820. The number of rotatable bonds is 5. The molecule has 3 unspecified atom stereocenters. The van der Waals surface area contributed by atoms with Gasteiger partial charge in [-0.25, -0.2) is 19.9 Å². The Labute approximate surface area is 228 Å². The van der Waals surface area contributed by atoms with Gasteiger partial charge in [-0.3, -0.25) is 18.3 Å². The second-order valence-electron chi connectivity index (χ2n) is 8.67. The van der Waals surface area contributed by atoms with Crippen LogP contribution in [0.15, 0.2) is 42.1 Å². The number of hydrogen-bond acceptors (Lipinski definition) is 14. The Morgan fingerprint density at radius 3 is 2.83 bits per heavy atom. The third-order valence-corrected chi connectivity index (χ3v) is 8.22. The summed E-state index contributed by atoms with van der Waals surface area (Å²) in [6.45, 7) is -0.249.